The molecule has 5 rings (SSSR count). The largest absolute Gasteiger partial charge is 0.490 e. The van der Waals surface area contributed by atoms with E-state index >= 15 is 0 Å². The lowest BCUT2D eigenvalue weighted by Crippen LogP contribution is -2.48. The molecule has 1 atom stereocenters. The number of fused-ring (bicyclic) bond motifs is 1. The summed E-state index contributed by atoms with van der Waals surface area (Å²) in [6, 6.07) is 18.8. The summed E-state index contributed by atoms with van der Waals surface area (Å²) in [7, 11) is 0. The summed E-state index contributed by atoms with van der Waals surface area (Å²) in [6.45, 7) is 5.59. The minimum absolute atomic E-state index is 0.265. The number of nitrogens with one attached hydrogen (secondary N) is 1. The van der Waals surface area contributed by atoms with Crippen molar-refractivity contribution in [1.82, 2.24) is 4.98 Å². The summed E-state index contributed by atoms with van der Waals surface area (Å²) in [5.74, 6) is -3.64. The summed E-state index contributed by atoms with van der Waals surface area (Å²) in [4.78, 5) is 29.9. The van der Waals surface area contributed by atoms with E-state index in [2.05, 4.69) is 20.9 Å². The number of carbonyl (C=O) groups is 2. The van der Waals surface area contributed by atoms with Crippen molar-refractivity contribution in [2.24, 2.45) is 5.92 Å². The van der Waals surface area contributed by atoms with Crippen molar-refractivity contribution >= 4 is 50.4 Å². The highest BCUT2D eigenvalue weighted by Crippen LogP contribution is 2.45. The maximum absolute atomic E-state index is 13.3. The van der Waals surface area contributed by atoms with Crippen molar-refractivity contribution in [2.75, 3.05) is 6.61 Å². The van der Waals surface area contributed by atoms with E-state index in [1.807, 2.05) is 61.7 Å². The number of rotatable bonds is 8. The maximum atomic E-state index is 13.3. The number of aromatic nitrogens is 1. The molecule has 0 radical (unpaired) electrons. The second-order valence-electron chi connectivity index (χ2n) is 9.67. The standard InChI is InChI=1S/C30H27BrClNO6/c1-4-36-24-14-18(13-22(31)27(24)37-16-17-8-7-9-19(32)12-17)25(21-15-33-23-11-6-5-10-20(21)23)26-28(34)38-30(2,3)39-29(26)35/h5-15,25-26,33H,4,16H2,1-3H3/t25-/m1/s1. The third-order valence-corrected chi connectivity index (χ3v) is 7.28. The van der Waals surface area contributed by atoms with Crippen LogP contribution in [-0.2, 0) is 25.7 Å². The lowest BCUT2D eigenvalue weighted by molar-refractivity contribution is -0.240. The number of halogens is 2. The van der Waals surface area contributed by atoms with Crippen LogP contribution in [0.15, 0.2) is 71.3 Å². The molecule has 202 valence electrons. The van der Waals surface area contributed by atoms with Crippen molar-refractivity contribution in [1.29, 1.82) is 0 Å². The van der Waals surface area contributed by atoms with Crippen LogP contribution in [0, 0.1) is 5.92 Å². The quantitative estimate of drug-likeness (QED) is 0.168. The van der Waals surface area contributed by atoms with Crippen LogP contribution in [0.25, 0.3) is 10.9 Å². The Morgan fingerprint density at radius 1 is 1.03 bits per heavy atom. The lowest BCUT2D eigenvalue weighted by atomic mass is 9.80. The number of carbonyl (C=O) groups excluding carboxylic acids is 2. The summed E-state index contributed by atoms with van der Waals surface area (Å²) >= 11 is 9.77. The van der Waals surface area contributed by atoms with Crippen molar-refractivity contribution < 1.29 is 28.5 Å². The van der Waals surface area contributed by atoms with Gasteiger partial charge in [0, 0.05) is 41.9 Å². The van der Waals surface area contributed by atoms with E-state index in [0.29, 0.717) is 33.2 Å². The van der Waals surface area contributed by atoms with Gasteiger partial charge in [-0.3, -0.25) is 9.59 Å². The molecule has 39 heavy (non-hydrogen) atoms. The lowest BCUT2D eigenvalue weighted by Gasteiger charge is -2.36. The highest BCUT2D eigenvalue weighted by Gasteiger charge is 2.49. The molecule has 3 aromatic carbocycles. The van der Waals surface area contributed by atoms with Crippen LogP contribution < -0.4 is 9.47 Å². The van der Waals surface area contributed by atoms with E-state index in [4.69, 9.17) is 30.5 Å². The number of cyclic esters (lactones) is 2. The fourth-order valence-corrected chi connectivity index (χ4v) is 5.64. The minimum atomic E-state index is -1.34. The molecule has 9 heteroatoms. The molecule has 0 bridgehead atoms. The summed E-state index contributed by atoms with van der Waals surface area (Å²) < 4.78 is 23.8. The first kappa shape index (κ1) is 27.1. The van der Waals surface area contributed by atoms with E-state index in [1.54, 1.807) is 12.1 Å². The molecular weight excluding hydrogens is 586 g/mol. The van der Waals surface area contributed by atoms with Crippen molar-refractivity contribution in [3.8, 4) is 11.5 Å². The number of esters is 2. The van der Waals surface area contributed by atoms with E-state index < -0.39 is 29.6 Å². The average Bonchev–Trinajstić information content (AvgIpc) is 3.29. The van der Waals surface area contributed by atoms with E-state index in [9.17, 15) is 9.59 Å². The molecule has 0 saturated carbocycles. The monoisotopic (exact) mass is 611 g/mol. The molecule has 1 aliphatic rings. The Morgan fingerprint density at radius 2 is 1.77 bits per heavy atom. The van der Waals surface area contributed by atoms with Gasteiger partial charge in [-0.2, -0.15) is 0 Å². The normalized spacial score (nSPS) is 16.0. The molecule has 2 heterocycles. The molecule has 7 nitrogen and oxygen atoms in total. The highest BCUT2D eigenvalue weighted by molar-refractivity contribution is 9.10. The van der Waals surface area contributed by atoms with Gasteiger partial charge in [0.25, 0.3) is 5.79 Å². The molecular formula is C30H27BrClNO6. The van der Waals surface area contributed by atoms with Gasteiger partial charge in [-0.1, -0.05) is 41.9 Å². The first-order valence-corrected chi connectivity index (χ1v) is 13.7. The molecule has 1 aliphatic heterocycles. The molecule has 1 N–H and O–H groups in total. The molecule has 1 saturated heterocycles. The Morgan fingerprint density at radius 3 is 2.49 bits per heavy atom. The zero-order valence-corrected chi connectivity index (χ0v) is 24.0. The molecule has 1 aromatic heterocycles. The first-order valence-electron chi connectivity index (χ1n) is 12.5. The van der Waals surface area contributed by atoms with Gasteiger partial charge in [0.15, 0.2) is 17.4 Å². The van der Waals surface area contributed by atoms with Gasteiger partial charge in [-0.25, -0.2) is 0 Å². The Labute approximate surface area is 239 Å². The SMILES string of the molecule is CCOc1cc([C@H](c2c[nH]c3ccccc23)C2C(=O)OC(C)(C)OC2=O)cc(Br)c1OCc1cccc(Cl)c1. The maximum Gasteiger partial charge on any atom is 0.324 e. The van der Waals surface area contributed by atoms with Crippen LogP contribution in [0.1, 0.15) is 43.4 Å². The van der Waals surface area contributed by atoms with Crippen LogP contribution in [0.4, 0.5) is 0 Å². The zero-order valence-electron chi connectivity index (χ0n) is 21.6. The van der Waals surface area contributed by atoms with E-state index in [-0.39, 0.29) is 6.61 Å². The molecule has 0 aliphatic carbocycles. The number of H-pyrrole nitrogens is 1. The Hall–Kier alpha value is -3.49. The summed E-state index contributed by atoms with van der Waals surface area (Å²) in [5, 5.41) is 1.50. The molecule has 0 amide bonds. The predicted octanol–water partition coefficient (Wildman–Crippen LogP) is 7.15. The second kappa shape index (κ2) is 10.9. The third-order valence-electron chi connectivity index (χ3n) is 6.45. The van der Waals surface area contributed by atoms with Crippen molar-refractivity contribution in [3.63, 3.8) is 0 Å². The van der Waals surface area contributed by atoms with Crippen LogP contribution in [0.3, 0.4) is 0 Å². The molecule has 1 fully saturated rings. The Bertz CT molecular complexity index is 1530. The average molecular weight is 613 g/mol. The van der Waals surface area contributed by atoms with Gasteiger partial charge in [0.05, 0.1) is 11.1 Å². The van der Waals surface area contributed by atoms with Gasteiger partial charge in [-0.05, 0) is 69.9 Å². The number of para-hydroxylation sites is 1. The minimum Gasteiger partial charge on any atom is -0.490 e. The number of aromatic amines is 1. The van der Waals surface area contributed by atoms with Crippen molar-refractivity contribution in [2.45, 2.75) is 39.1 Å². The number of benzene rings is 3. The van der Waals surface area contributed by atoms with Crippen LogP contribution in [0.5, 0.6) is 11.5 Å². The number of hydrogen-bond donors (Lipinski definition) is 1. The summed E-state index contributed by atoms with van der Waals surface area (Å²) in [6.07, 6.45) is 1.81. The summed E-state index contributed by atoms with van der Waals surface area (Å²) in [5.41, 5.74) is 3.18. The van der Waals surface area contributed by atoms with Gasteiger partial charge in [-0.15, -0.1) is 0 Å². The van der Waals surface area contributed by atoms with Crippen LogP contribution >= 0.6 is 27.5 Å². The third kappa shape index (κ3) is 5.63. The van der Waals surface area contributed by atoms with E-state index in [1.165, 1.54) is 13.8 Å². The Kier molecular flexibility index (Phi) is 7.60. The van der Waals surface area contributed by atoms with Gasteiger partial charge in [0.1, 0.15) is 6.61 Å². The number of hydrogen-bond acceptors (Lipinski definition) is 6. The second-order valence-corrected chi connectivity index (χ2v) is 11.0. The van der Waals surface area contributed by atoms with E-state index in [0.717, 1.165) is 22.0 Å². The van der Waals surface area contributed by atoms with Gasteiger partial charge in [0.2, 0.25) is 0 Å². The smallest absolute Gasteiger partial charge is 0.324 e. The zero-order chi connectivity index (χ0) is 27.7. The molecule has 0 unspecified atom stereocenters. The van der Waals surface area contributed by atoms with Crippen LogP contribution in [0.2, 0.25) is 5.02 Å². The topological polar surface area (TPSA) is 86.9 Å². The molecule has 4 aromatic rings. The first-order chi connectivity index (χ1) is 18.7. The number of ether oxygens (including phenoxy) is 4. The van der Waals surface area contributed by atoms with Crippen molar-refractivity contribution in [3.05, 3.63) is 93.0 Å². The fraction of sp³-hybridized carbons (Fsp3) is 0.267. The van der Waals surface area contributed by atoms with Crippen LogP contribution in [-0.4, -0.2) is 29.3 Å². The highest BCUT2D eigenvalue weighted by atomic mass is 79.9. The van der Waals surface area contributed by atoms with Gasteiger partial charge >= 0.3 is 11.9 Å². The van der Waals surface area contributed by atoms with Gasteiger partial charge < -0.3 is 23.9 Å². The Balaban J connectivity index is 1.61. The fourth-order valence-electron chi connectivity index (χ4n) is 4.86. The molecule has 0 spiro atoms. The predicted molar refractivity (Wildman–Crippen MR) is 151 cm³/mol.